The normalized spacial score (nSPS) is 22.3. The maximum absolute atomic E-state index is 12.8. The Morgan fingerprint density at radius 2 is 1.97 bits per heavy atom. The average Bonchev–Trinajstić information content (AvgIpc) is 2.77. The highest BCUT2D eigenvalue weighted by Crippen LogP contribution is 2.32. The fourth-order valence-electron chi connectivity index (χ4n) is 4.65. The van der Waals surface area contributed by atoms with Gasteiger partial charge in [0.25, 0.3) is 0 Å². The summed E-state index contributed by atoms with van der Waals surface area (Å²) in [6, 6.07) is 5.79. The van der Waals surface area contributed by atoms with Gasteiger partial charge in [-0.25, -0.2) is 8.42 Å². The Bertz CT molecular complexity index is 816. The molecular formula is C23H36N2O4S. The fraction of sp³-hybridized carbons (Fsp3) is 0.696. The minimum atomic E-state index is -3.40. The van der Waals surface area contributed by atoms with Crippen molar-refractivity contribution in [1.29, 1.82) is 0 Å². The Morgan fingerprint density at radius 1 is 1.20 bits per heavy atom. The minimum absolute atomic E-state index is 0.0234. The van der Waals surface area contributed by atoms with Crippen LogP contribution < -0.4 is 10.1 Å². The number of fused-ring (bicyclic) bond motifs is 1. The number of carbonyl (C=O) groups excluding carboxylic acids is 1. The topological polar surface area (TPSA) is 75.7 Å². The van der Waals surface area contributed by atoms with Crippen LogP contribution >= 0.6 is 0 Å². The molecule has 2 aliphatic rings. The van der Waals surface area contributed by atoms with E-state index in [-0.39, 0.29) is 24.1 Å². The molecule has 3 rings (SSSR count). The van der Waals surface area contributed by atoms with Crippen LogP contribution in [0.2, 0.25) is 0 Å². The van der Waals surface area contributed by atoms with Gasteiger partial charge in [0.2, 0.25) is 15.9 Å². The van der Waals surface area contributed by atoms with E-state index < -0.39 is 10.0 Å². The molecule has 1 heterocycles. The second-order valence-electron chi connectivity index (χ2n) is 8.69. The first-order valence-corrected chi connectivity index (χ1v) is 12.9. The van der Waals surface area contributed by atoms with Gasteiger partial charge < -0.3 is 10.1 Å². The molecular weight excluding hydrogens is 400 g/mol. The van der Waals surface area contributed by atoms with Crippen molar-refractivity contribution < 1.29 is 17.9 Å². The molecule has 0 unspecified atom stereocenters. The van der Waals surface area contributed by atoms with Gasteiger partial charge >= 0.3 is 0 Å². The molecule has 0 saturated heterocycles. The zero-order valence-corrected chi connectivity index (χ0v) is 19.2. The van der Waals surface area contributed by atoms with Crippen LogP contribution in [0.4, 0.5) is 0 Å². The second-order valence-corrected chi connectivity index (χ2v) is 10.8. The van der Waals surface area contributed by atoms with Crippen LogP contribution in [-0.2, 0) is 27.8 Å². The number of nitrogens with one attached hydrogen (secondary N) is 1. The summed E-state index contributed by atoms with van der Waals surface area (Å²) >= 11 is 0. The Balaban J connectivity index is 1.43. The molecule has 168 valence electrons. The van der Waals surface area contributed by atoms with Gasteiger partial charge in [-0.3, -0.25) is 4.79 Å². The zero-order chi connectivity index (χ0) is 21.6. The Kier molecular flexibility index (Phi) is 8.17. The van der Waals surface area contributed by atoms with Crippen LogP contribution in [0.25, 0.3) is 0 Å². The summed E-state index contributed by atoms with van der Waals surface area (Å²) in [4.78, 5) is 12.5. The van der Waals surface area contributed by atoms with Crippen molar-refractivity contribution in [2.45, 2.75) is 64.8 Å². The molecule has 0 aromatic heterocycles. The fourth-order valence-corrected chi connectivity index (χ4v) is 5.97. The Morgan fingerprint density at radius 3 is 2.67 bits per heavy atom. The van der Waals surface area contributed by atoms with Crippen LogP contribution in [0.1, 0.15) is 63.0 Å². The van der Waals surface area contributed by atoms with Crippen molar-refractivity contribution in [3.63, 3.8) is 0 Å². The third-order valence-corrected chi connectivity index (χ3v) is 8.45. The van der Waals surface area contributed by atoms with E-state index in [2.05, 4.69) is 12.2 Å². The zero-order valence-electron chi connectivity index (χ0n) is 18.4. The van der Waals surface area contributed by atoms with Crippen LogP contribution in [-0.4, -0.2) is 44.6 Å². The van der Waals surface area contributed by atoms with Crippen LogP contribution in [0, 0.1) is 11.8 Å². The summed E-state index contributed by atoms with van der Waals surface area (Å²) in [7, 11) is -1.77. The minimum Gasteiger partial charge on any atom is -0.497 e. The average molecular weight is 437 g/mol. The lowest BCUT2D eigenvalue weighted by Crippen LogP contribution is -2.41. The highest BCUT2D eigenvalue weighted by molar-refractivity contribution is 7.89. The molecule has 1 aliphatic heterocycles. The first-order chi connectivity index (χ1) is 14.4. The predicted molar refractivity (Wildman–Crippen MR) is 119 cm³/mol. The summed E-state index contributed by atoms with van der Waals surface area (Å²) in [5, 5.41) is 2.88. The van der Waals surface area contributed by atoms with Gasteiger partial charge in [0.05, 0.1) is 12.9 Å². The third-order valence-electron chi connectivity index (χ3n) is 6.63. The summed E-state index contributed by atoms with van der Waals surface area (Å²) in [5.74, 6) is 1.58. The van der Waals surface area contributed by atoms with Crippen molar-refractivity contribution >= 4 is 15.9 Å². The standard InChI is InChI=1S/C23H36N2O4S/c1-3-4-5-18-6-8-19(9-7-18)23(26)24-13-15-30(27,28)25-14-12-20-16-22(29-2)11-10-21(20)17-25/h10-11,16,18-19H,3-9,12-15,17H2,1-2H3,(H,24,26). The number of hydrogen-bond donors (Lipinski definition) is 1. The molecule has 0 spiro atoms. The quantitative estimate of drug-likeness (QED) is 0.643. The van der Waals surface area contributed by atoms with Gasteiger partial charge in [0.1, 0.15) is 5.75 Å². The van der Waals surface area contributed by atoms with E-state index >= 15 is 0 Å². The summed E-state index contributed by atoms with van der Waals surface area (Å²) in [6.07, 6.45) is 8.55. The molecule has 1 aromatic rings. The van der Waals surface area contributed by atoms with Crippen LogP contribution in [0.5, 0.6) is 5.75 Å². The summed E-state index contributed by atoms with van der Waals surface area (Å²) < 4.78 is 32.3. The van der Waals surface area contributed by atoms with Gasteiger partial charge in [0.15, 0.2) is 0 Å². The highest BCUT2D eigenvalue weighted by Gasteiger charge is 2.28. The highest BCUT2D eigenvalue weighted by atomic mass is 32.2. The van der Waals surface area contributed by atoms with Crippen molar-refractivity contribution in [3.8, 4) is 5.75 Å². The first-order valence-electron chi connectivity index (χ1n) is 11.3. The van der Waals surface area contributed by atoms with Crippen LogP contribution in [0.15, 0.2) is 18.2 Å². The predicted octanol–water partition coefficient (Wildman–Crippen LogP) is 3.50. The number of amides is 1. The number of rotatable bonds is 9. The first kappa shape index (κ1) is 23.1. The molecule has 1 amide bonds. The number of nitrogens with zero attached hydrogens (tertiary/aromatic N) is 1. The number of methoxy groups -OCH3 is 1. The van der Waals surface area contributed by atoms with E-state index in [1.165, 1.54) is 23.6 Å². The molecule has 30 heavy (non-hydrogen) atoms. The number of ether oxygens (including phenoxy) is 1. The van der Waals surface area contributed by atoms with Crippen molar-refractivity contribution in [3.05, 3.63) is 29.3 Å². The largest absolute Gasteiger partial charge is 0.497 e. The number of hydrogen-bond acceptors (Lipinski definition) is 4. The molecule has 1 N–H and O–H groups in total. The van der Waals surface area contributed by atoms with Gasteiger partial charge in [-0.05, 0) is 61.3 Å². The second kappa shape index (κ2) is 10.6. The van der Waals surface area contributed by atoms with E-state index in [0.29, 0.717) is 19.5 Å². The lowest BCUT2D eigenvalue weighted by atomic mass is 9.79. The SMILES string of the molecule is CCCCC1CCC(C(=O)NCCS(=O)(=O)N2CCc3cc(OC)ccc3C2)CC1. The smallest absolute Gasteiger partial charge is 0.223 e. The van der Waals surface area contributed by atoms with E-state index in [9.17, 15) is 13.2 Å². The lowest BCUT2D eigenvalue weighted by molar-refractivity contribution is -0.126. The van der Waals surface area contributed by atoms with E-state index in [0.717, 1.165) is 48.5 Å². The summed E-state index contributed by atoms with van der Waals surface area (Å²) in [6.45, 7) is 3.26. The monoisotopic (exact) mass is 436 g/mol. The molecule has 1 aliphatic carbocycles. The number of sulfonamides is 1. The molecule has 1 fully saturated rings. The maximum Gasteiger partial charge on any atom is 0.223 e. The van der Waals surface area contributed by atoms with Crippen molar-refractivity contribution in [1.82, 2.24) is 9.62 Å². The van der Waals surface area contributed by atoms with Crippen molar-refractivity contribution in [2.24, 2.45) is 11.8 Å². The molecule has 7 heteroatoms. The van der Waals surface area contributed by atoms with Gasteiger partial charge in [-0.15, -0.1) is 0 Å². The molecule has 6 nitrogen and oxygen atoms in total. The summed E-state index contributed by atoms with van der Waals surface area (Å²) in [5.41, 5.74) is 2.16. The van der Waals surface area contributed by atoms with E-state index in [1.807, 2.05) is 18.2 Å². The Hall–Kier alpha value is -1.60. The molecule has 0 radical (unpaired) electrons. The molecule has 0 bridgehead atoms. The number of benzene rings is 1. The van der Waals surface area contributed by atoms with Crippen molar-refractivity contribution in [2.75, 3.05) is 26.0 Å². The molecule has 1 aromatic carbocycles. The maximum atomic E-state index is 12.8. The molecule has 1 saturated carbocycles. The van der Waals surface area contributed by atoms with Gasteiger partial charge in [0, 0.05) is 25.6 Å². The van der Waals surface area contributed by atoms with E-state index in [4.69, 9.17) is 4.74 Å². The van der Waals surface area contributed by atoms with Gasteiger partial charge in [-0.1, -0.05) is 32.3 Å². The number of carbonyl (C=O) groups is 1. The lowest BCUT2D eigenvalue weighted by Gasteiger charge is -2.29. The van der Waals surface area contributed by atoms with Gasteiger partial charge in [-0.2, -0.15) is 4.31 Å². The Labute approximate surface area is 181 Å². The molecule has 0 atom stereocenters. The van der Waals surface area contributed by atoms with E-state index in [1.54, 1.807) is 7.11 Å². The van der Waals surface area contributed by atoms with Crippen LogP contribution in [0.3, 0.4) is 0 Å². The number of unbranched alkanes of at least 4 members (excludes halogenated alkanes) is 1. The third kappa shape index (κ3) is 5.97.